The quantitative estimate of drug-likeness (QED) is 0.444. The Morgan fingerprint density at radius 2 is 1.86 bits per heavy atom. The van der Waals surface area contributed by atoms with Crippen LogP contribution >= 0.6 is 0 Å². The maximum absolute atomic E-state index is 13.0. The van der Waals surface area contributed by atoms with Crippen LogP contribution in [-0.4, -0.2) is 72.2 Å². The Labute approximate surface area is 167 Å². The van der Waals surface area contributed by atoms with Crippen LogP contribution in [0, 0.1) is 5.92 Å². The molecule has 0 aromatic heterocycles. The van der Waals surface area contributed by atoms with Crippen LogP contribution in [0.4, 0.5) is 0 Å². The molecule has 1 heterocycles. The summed E-state index contributed by atoms with van der Waals surface area (Å²) in [7, 11) is 1.66. The minimum absolute atomic E-state index is 0.0200. The summed E-state index contributed by atoms with van der Waals surface area (Å²) in [5.41, 5.74) is 0.506. The lowest BCUT2D eigenvalue weighted by atomic mass is 9.99. The van der Waals surface area contributed by atoms with Crippen molar-refractivity contribution in [3.63, 3.8) is 0 Å². The molecule has 8 heteroatoms. The minimum Gasteiger partial charge on any atom is -0.352 e. The number of likely N-dealkylation sites (tertiary alicyclic amines) is 1. The van der Waals surface area contributed by atoms with Gasteiger partial charge in [0.15, 0.2) is 0 Å². The molecular formula is C20H34N4O4. The molecule has 0 aromatic rings. The summed E-state index contributed by atoms with van der Waals surface area (Å²) in [5.74, 6) is -0.468. The van der Waals surface area contributed by atoms with Gasteiger partial charge in [0.2, 0.25) is 24.1 Å². The molecule has 158 valence electrons. The number of hydrogen-bond donors (Lipinski definition) is 2. The Balaban J connectivity index is 2.95. The molecular weight excluding hydrogens is 360 g/mol. The second kappa shape index (κ2) is 10.8. The van der Waals surface area contributed by atoms with E-state index in [2.05, 4.69) is 10.6 Å². The fraction of sp³-hybridized carbons (Fsp3) is 0.700. The van der Waals surface area contributed by atoms with E-state index in [1.807, 2.05) is 27.7 Å². The predicted octanol–water partition coefficient (Wildman–Crippen LogP) is 0.677. The monoisotopic (exact) mass is 394 g/mol. The Bertz CT molecular complexity index is 615. The minimum atomic E-state index is -0.452. The molecule has 2 atom stereocenters. The van der Waals surface area contributed by atoms with Crippen molar-refractivity contribution in [3.05, 3.63) is 11.6 Å². The highest BCUT2D eigenvalue weighted by Crippen LogP contribution is 2.21. The van der Waals surface area contributed by atoms with Gasteiger partial charge in [0.05, 0.1) is 12.6 Å². The molecule has 1 saturated heterocycles. The lowest BCUT2D eigenvalue weighted by Gasteiger charge is -2.30. The molecule has 1 aliphatic heterocycles. The van der Waals surface area contributed by atoms with Crippen molar-refractivity contribution >= 4 is 24.1 Å². The van der Waals surface area contributed by atoms with Crippen LogP contribution < -0.4 is 10.6 Å². The Hall–Kier alpha value is -2.38. The molecule has 8 nitrogen and oxygen atoms in total. The van der Waals surface area contributed by atoms with Gasteiger partial charge in [0.1, 0.15) is 6.04 Å². The number of carbonyl (C=O) groups is 4. The van der Waals surface area contributed by atoms with Crippen LogP contribution in [0.3, 0.4) is 0 Å². The first kappa shape index (κ1) is 23.7. The van der Waals surface area contributed by atoms with Gasteiger partial charge in [0, 0.05) is 25.2 Å². The second-order valence-electron chi connectivity index (χ2n) is 7.91. The van der Waals surface area contributed by atoms with Gasteiger partial charge >= 0.3 is 0 Å². The Morgan fingerprint density at radius 3 is 2.39 bits per heavy atom. The third kappa shape index (κ3) is 6.35. The molecule has 2 N–H and O–H groups in total. The number of hydrogen-bond acceptors (Lipinski definition) is 4. The first-order valence-electron chi connectivity index (χ1n) is 9.82. The molecule has 0 aliphatic carbocycles. The van der Waals surface area contributed by atoms with Gasteiger partial charge in [-0.3, -0.25) is 19.2 Å². The standard InChI is InChI=1S/C20H34N4O4/c1-13(2)17(23(6)18(26)11-21-12-25)10-15(5)20(28)24-9-7-8-16(24)19(27)22-14(3)4/h10,12-14,16-17H,7-9,11H2,1-6H3,(H,21,25)(H,22,27)/b15-10+/t16?,17-/m1/s1. The van der Waals surface area contributed by atoms with Crippen molar-refractivity contribution < 1.29 is 19.2 Å². The van der Waals surface area contributed by atoms with Gasteiger partial charge in [-0.2, -0.15) is 0 Å². The highest BCUT2D eigenvalue weighted by molar-refractivity contribution is 5.97. The lowest BCUT2D eigenvalue weighted by Crippen LogP contribution is -2.48. The summed E-state index contributed by atoms with van der Waals surface area (Å²) in [6.45, 7) is 9.89. The van der Waals surface area contributed by atoms with Gasteiger partial charge in [-0.05, 0) is 39.5 Å². The van der Waals surface area contributed by atoms with Crippen molar-refractivity contribution in [2.75, 3.05) is 20.1 Å². The van der Waals surface area contributed by atoms with Crippen LogP contribution in [-0.2, 0) is 19.2 Å². The smallest absolute Gasteiger partial charge is 0.249 e. The highest BCUT2D eigenvalue weighted by Gasteiger charge is 2.35. The van der Waals surface area contributed by atoms with Gasteiger partial charge in [-0.25, -0.2) is 0 Å². The van der Waals surface area contributed by atoms with E-state index in [1.54, 1.807) is 24.9 Å². The van der Waals surface area contributed by atoms with Gasteiger partial charge in [-0.15, -0.1) is 0 Å². The molecule has 0 saturated carbocycles. The zero-order chi connectivity index (χ0) is 21.4. The largest absolute Gasteiger partial charge is 0.352 e. The maximum atomic E-state index is 13.0. The molecule has 1 aliphatic rings. The summed E-state index contributed by atoms with van der Waals surface area (Å²) in [6, 6.07) is -0.728. The van der Waals surface area contributed by atoms with Crippen molar-refractivity contribution in [3.8, 4) is 0 Å². The number of nitrogens with zero attached hydrogens (tertiary/aromatic N) is 2. The summed E-state index contributed by atoms with van der Waals surface area (Å²) in [5, 5.41) is 5.24. The summed E-state index contributed by atoms with van der Waals surface area (Å²) in [4.78, 5) is 51.2. The van der Waals surface area contributed by atoms with E-state index >= 15 is 0 Å². The van der Waals surface area contributed by atoms with Crippen molar-refractivity contribution in [2.24, 2.45) is 5.92 Å². The topological polar surface area (TPSA) is 98.8 Å². The number of nitrogens with one attached hydrogen (secondary N) is 2. The first-order chi connectivity index (χ1) is 13.1. The SMILES string of the molecule is C/C(=C\[C@H](C(C)C)N(C)C(=O)CNC=O)C(=O)N1CCCC1C(=O)NC(C)C. The third-order valence-corrected chi connectivity index (χ3v) is 4.87. The van der Waals surface area contributed by atoms with Crippen LogP contribution in [0.1, 0.15) is 47.5 Å². The fourth-order valence-electron chi connectivity index (χ4n) is 3.39. The van der Waals surface area contributed by atoms with E-state index in [0.717, 1.165) is 6.42 Å². The Kier molecular flexibility index (Phi) is 9.15. The van der Waals surface area contributed by atoms with Crippen molar-refractivity contribution in [2.45, 2.75) is 65.6 Å². The van der Waals surface area contributed by atoms with Crippen molar-refractivity contribution in [1.29, 1.82) is 0 Å². The fourth-order valence-corrected chi connectivity index (χ4v) is 3.39. The average Bonchev–Trinajstić information content (AvgIpc) is 3.11. The van der Waals surface area contributed by atoms with E-state index in [4.69, 9.17) is 0 Å². The third-order valence-electron chi connectivity index (χ3n) is 4.87. The molecule has 28 heavy (non-hydrogen) atoms. The van der Waals surface area contributed by atoms with Crippen LogP contribution in [0.25, 0.3) is 0 Å². The number of amides is 4. The lowest BCUT2D eigenvalue weighted by molar-refractivity contribution is -0.136. The number of carbonyl (C=O) groups excluding carboxylic acids is 4. The molecule has 0 bridgehead atoms. The highest BCUT2D eigenvalue weighted by atomic mass is 16.2. The zero-order valence-corrected chi connectivity index (χ0v) is 17.8. The van der Waals surface area contributed by atoms with Crippen molar-refractivity contribution in [1.82, 2.24) is 20.4 Å². The Morgan fingerprint density at radius 1 is 1.21 bits per heavy atom. The molecule has 1 unspecified atom stereocenters. The van der Waals surface area contributed by atoms with Crippen LogP contribution in [0.5, 0.6) is 0 Å². The molecule has 1 rings (SSSR count). The van der Waals surface area contributed by atoms with E-state index in [9.17, 15) is 19.2 Å². The average molecular weight is 395 g/mol. The van der Waals surface area contributed by atoms with E-state index < -0.39 is 6.04 Å². The van der Waals surface area contributed by atoms with Gasteiger partial charge < -0.3 is 20.4 Å². The molecule has 0 aromatic carbocycles. The second-order valence-corrected chi connectivity index (χ2v) is 7.91. The van der Waals surface area contributed by atoms with Crippen LogP contribution in [0.15, 0.2) is 11.6 Å². The molecule has 4 amide bonds. The van der Waals surface area contributed by atoms with Gasteiger partial charge in [0.25, 0.3) is 0 Å². The number of rotatable bonds is 9. The summed E-state index contributed by atoms with van der Waals surface area (Å²) >= 11 is 0. The normalized spacial score (nSPS) is 18.2. The summed E-state index contributed by atoms with van der Waals surface area (Å²) < 4.78 is 0. The van der Waals surface area contributed by atoms with E-state index in [0.29, 0.717) is 24.9 Å². The van der Waals surface area contributed by atoms with E-state index in [-0.39, 0.29) is 42.3 Å². The van der Waals surface area contributed by atoms with Gasteiger partial charge in [-0.1, -0.05) is 19.9 Å². The molecule has 1 fully saturated rings. The molecule has 0 radical (unpaired) electrons. The summed E-state index contributed by atoms with van der Waals surface area (Å²) in [6.07, 6.45) is 3.71. The predicted molar refractivity (Wildman–Crippen MR) is 107 cm³/mol. The maximum Gasteiger partial charge on any atom is 0.249 e. The van der Waals surface area contributed by atoms with Crippen LogP contribution in [0.2, 0.25) is 0 Å². The first-order valence-corrected chi connectivity index (χ1v) is 9.82. The number of likely N-dealkylation sites (N-methyl/N-ethyl adjacent to an activating group) is 1. The van der Waals surface area contributed by atoms with E-state index in [1.165, 1.54) is 4.90 Å². The molecule has 0 spiro atoms. The zero-order valence-electron chi connectivity index (χ0n) is 17.8.